The van der Waals surface area contributed by atoms with Crippen molar-refractivity contribution in [3.63, 3.8) is 0 Å². The molecule has 0 N–H and O–H groups in total. The SMILES string of the molecule is C1=C2OC3(CCCCC3)O[C@H]2C(OCc2ccccc2)C(OCc2ccccc2)C1(COCc1ccccc1)OCc1ccccc1. The molecule has 6 nitrogen and oxygen atoms in total. The van der Waals surface area contributed by atoms with Crippen LogP contribution in [-0.2, 0) is 54.8 Å². The second-order valence-electron chi connectivity index (χ2n) is 12.8. The van der Waals surface area contributed by atoms with E-state index in [0.29, 0.717) is 26.4 Å². The Kier molecular flexibility index (Phi) is 10.1. The lowest BCUT2D eigenvalue weighted by molar-refractivity contribution is -0.240. The first-order valence-electron chi connectivity index (χ1n) is 16.9. The maximum Gasteiger partial charge on any atom is 0.211 e. The van der Waals surface area contributed by atoms with Crippen molar-refractivity contribution in [2.45, 2.75) is 88.2 Å². The molecule has 7 rings (SSSR count). The summed E-state index contributed by atoms with van der Waals surface area (Å²) in [5.41, 5.74) is 3.26. The molecule has 1 aliphatic heterocycles. The number of rotatable bonds is 13. The summed E-state index contributed by atoms with van der Waals surface area (Å²) in [7, 11) is 0. The van der Waals surface area contributed by atoms with E-state index in [1.54, 1.807) is 0 Å². The van der Waals surface area contributed by atoms with Crippen LogP contribution in [0.5, 0.6) is 0 Å². The van der Waals surface area contributed by atoms with Crippen LogP contribution in [0, 0.1) is 0 Å². The minimum atomic E-state index is -1.03. The molecule has 47 heavy (non-hydrogen) atoms. The topological polar surface area (TPSA) is 55.4 Å². The molecular weight excluding hydrogens is 588 g/mol. The minimum absolute atomic E-state index is 0.242. The van der Waals surface area contributed by atoms with Crippen molar-refractivity contribution < 1.29 is 28.4 Å². The van der Waals surface area contributed by atoms with E-state index >= 15 is 0 Å². The van der Waals surface area contributed by atoms with Crippen molar-refractivity contribution in [3.8, 4) is 0 Å². The quantitative estimate of drug-likeness (QED) is 0.148. The van der Waals surface area contributed by atoms with E-state index in [1.807, 2.05) is 72.8 Å². The normalized spacial score (nSPS) is 24.8. The number of ether oxygens (including phenoxy) is 6. The summed E-state index contributed by atoms with van der Waals surface area (Å²) >= 11 is 0. The van der Waals surface area contributed by atoms with Crippen molar-refractivity contribution >= 4 is 0 Å². The van der Waals surface area contributed by atoms with E-state index in [1.165, 1.54) is 6.42 Å². The smallest absolute Gasteiger partial charge is 0.211 e. The molecule has 244 valence electrons. The Hall–Kier alpha value is -3.78. The van der Waals surface area contributed by atoms with E-state index in [-0.39, 0.29) is 6.61 Å². The van der Waals surface area contributed by atoms with Gasteiger partial charge in [-0.25, -0.2) is 0 Å². The fourth-order valence-electron chi connectivity index (χ4n) is 6.92. The van der Waals surface area contributed by atoms with Gasteiger partial charge in [0.15, 0.2) is 0 Å². The number of benzene rings is 4. The van der Waals surface area contributed by atoms with E-state index in [4.69, 9.17) is 28.4 Å². The van der Waals surface area contributed by atoms with Crippen LogP contribution in [0.4, 0.5) is 0 Å². The molecule has 1 spiro atoms. The molecule has 2 aliphatic carbocycles. The van der Waals surface area contributed by atoms with Gasteiger partial charge >= 0.3 is 0 Å². The molecule has 3 aliphatic rings. The van der Waals surface area contributed by atoms with Crippen molar-refractivity contribution in [3.05, 3.63) is 155 Å². The van der Waals surface area contributed by atoms with Crippen LogP contribution in [0.15, 0.2) is 133 Å². The maximum atomic E-state index is 7.02. The van der Waals surface area contributed by atoms with Crippen LogP contribution in [0.25, 0.3) is 0 Å². The highest BCUT2D eigenvalue weighted by molar-refractivity contribution is 5.28. The zero-order chi connectivity index (χ0) is 31.8. The average Bonchev–Trinajstić information content (AvgIpc) is 3.47. The minimum Gasteiger partial charge on any atom is -0.464 e. The van der Waals surface area contributed by atoms with Crippen LogP contribution in [0.2, 0.25) is 0 Å². The van der Waals surface area contributed by atoms with E-state index in [0.717, 1.165) is 53.7 Å². The van der Waals surface area contributed by atoms with Crippen molar-refractivity contribution in [2.24, 2.45) is 0 Å². The fraction of sp³-hybridized carbons (Fsp3) is 0.366. The van der Waals surface area contributed by atoms with Gasteiger partial charge in [0.25, 0.3) is 0 Å². The Bertz CT molecular complexity index is 1560. The first kappa shape index (κ1) is 31.8. The van der Waals surface area contributed by atoms with Gasteiger partial charge in [-0.15, -0.1) is 0 Å². The number of hydrogen-bond acceptors (Lipinski definition) is 6. The highest BCUT2D eigenvalue weighted by atomic mass is 16.8. The molecule has 4 aromatic carbocycles. The van der Waals surface area contributed by atoms with Crippen LogP contribution >= 0.6 is 0 Å². The third-order valence-corrected chi connectivity index (χ3v) is 9.35. The largest absolute Gasteiger partial charge is 0.464 e. The lowest BCUT2D eigenvalue weighted by atomic mass is 9.83. The molecule has 0 amide bonds. The summed E-state index contributed by atoms with van der Waals surface area (Å²) in [4.78, 5) is 0. The van der Waals surface area contributed by atoms with Crippen LogP contribution in [0.1, 0.15) is 54.4 Å². The summed E-state index contributed by atoms with van der Waals surface area (Å²) in [5, 5.41) is 0. The molecule has 0 aromatic heterocycles. The first-order chi connectivity index (χ1) is 23.2. The highest BCUT2D eigenvalue weighted by Crippen LogP contribution is 2.49. The van der Waals surface area contributed by atoms with E-state index in [2.05, 4.69) is 54.6 Å². The Balaban J connectivity index is 1.27. The highest BCUT2D eigenvalue weighted by Gasteiger charge is 2.59. The summed E-state index contributed by atoms with van der Waals surface area (Å²) in [6.07, 6.45) is 5.60. The van der Waals surface area contributed by atoms with Crippen LogP contribution in [0.3, 0.4) is 0 Å². The molecule has 0 bridgehead atoms. The second-order valence-corrected chi connectivity index (χ2v) is 12.8. The fourth-order valence-corrected chi connectivity index (χ4v) is 6.92. The molecule has 4 atom stereocenters. The molecule has 0 radical (unpaired) electrons. The van der Waals surface area contributed by atoms with Crippen LogP contribution < -0.4 is 0 Å². The van der Waals surface area contributed by atoms with Gasteiger partial charge in [-0.1, -0.05) is 128 Å². The molecule has 1 saturated heterocycles. The molecule has 2 fully saturated rings. The molecular formula is C41H44O6. The lowest BCUT2D eigenvalue weighted by Crippen LogP contribution is -2.61. The van der Waals surface area contributed by atoms with Crippen molar-refractivity contribution in [1.82, 2.24) is 0 Å². The Morgan fingerprint density at radius 3 is 1.66 bits per heavy atom. The number of fused-ring (bicyclic) bond motifs is 1. The van der Waals surface area contributed by atoms with Gasteiger partial charge < -0.3 is 28.4 Å². The van der Waals surface area contributed by atoms with Crippen LogP contribution in [-0.4, -0.2) is 36.3 Å². The second kappa shape index (κ2) is 15.0. The van der Waals surface area contributed by atoms with Gasteiger partial charge in [0.2, 0.25) is 5.79 Å². The third kappa shape index (κ3) is 7.69. The monoisotopic (exact) mass is 632 g/mol. The maximum absolute atomic E-state index is 7.02. The van der Waals surface area contributed by atoms with Gasteiger partial charge in [0.05, 0.1) is 33.0 Å². The third-order valence-electron chi connectivity index (χ3n) is 9.35. The zero-order valence-electron chi connectivity index (χ0n) is 26.9. The Labute approximate surface area is 278 Å². The Morgan fingerprint density at radius 1 is 0.574 bits per heavy atom. The zero-order valence-corrected chi connectivity index (χ0v) is 26.9. The van der Waals surface area contributed by atoms with Gasteiger partial charge in [0.1, 0.15) is 29.7 Å². The van der Waals surface area contributed by atoms with Crippen molar-refractivity contribution in [1.29, 1.82) is 0 Å². The lowest BCUT2D eigenvalue weighted by Gasteiger charge is -2.46. The van der Waals surface area contributed by atoms with E-state index in [9.17, 15) is 0 Å². The standard InChI is InChI=1S/C41H44O6/c1-6-16-32(17-7-1)27-42-31-40(45-30-35-22-12-4-13-23-35)26-36-37(47-41(46-36)24-14-5-15-25-41)38(43-28-33-18-8-2-9-19-33)39(40)44-29-34-20-10-3-11-21-34/h1-4,6-13,16-23,26,37-39H,5,14-15,24-25,27-31H2/t37-,38?,39?,40?/m1/s1. The summed E-state index contributed by atoms with van der Waals surface area (Å²) in [6.45, 7) is 1.83. The summed E-state index contributed by atoms with van der Waals surface area (Å²) in [6, 6.07) is 40.9. The van der Waals surface area contributed by atoms with Gasteiger partial charge in [-0.2, -0.15) is 0 Å². The van der Waals surface area contributed by atoms with Gasteiger partial charge in [0, 0.05) is 12.8 Å². The molecule has 1 saturated carbocycles. The first-order valence-corrected chi connectivity index (χ1v) is 16.9. The molecule has 4 aromatic rings. The summed E-state index contributed by atoms with van der Waals surface area (Å²) < 4.78 is 41.1. The van der Waals surface area contributed by atoms with E-state index < -0.39 is 29.7 Å². The number of hydrogen-bond donors (Lipinski definition) is 0. The molecule has 6 heteroatoms. The average molecular weight is 633 g/mol. The van der Waals surface area contributed by atoms with Crippen molar-refractivity contribution in [2.75, 3.05) is 6.61 Å². The Morgan fingerprint density at radius 2 is 1.09 bits per heavy atom. The van der Waals surface area contributed by atoms with Gasteiger partial charge in [-0.3, -0.25) is 0 Å². The predicted octanol–water partition coefficient (Wildman–Crippen LogP) is 8.30. The predicted molar refractivity (Wildman–Crippen MR) is 180 cm³/mol. The van der Waals surface area contributed by atoms with Gasteiger partial charge in [-0.05, 0) is 41.2 Å². The molecule has 3 unspecified atom stereocenters. The summed E-state index contributed by atoms with van der Waals surface area (Å²) in [5.74, 6) is 0.0916. The molecule has 1 heterocycles.